The van der Waals surface area contributed by atoms with Crippen molar-refractivity contribution in [2.75, 3.05) is 53.0 Å². The van der Waals surface area contributed by atoms with E-state index in [4.69, 9.17) is 4.74 Å². The van der Waals surface area contributed by atoms with Gasteiger partial charge in [-0.2, -0.15) is 0 Å². The van der Waals surface area contributed by atoms with Crippen LogP contribution in [0.1, 0.15) is 45.4 Å². The molecule has 23 heavy (non-hydrogen) atoms. The molecule has 1 N–H and O–H groups in total. The molecular formula is C18H34N2O3. The number of likely N-dealkylation sites (tertiary alicyclic amines) is 2. The summed E-state index contributed by atoms with van der Waals surface area (Å²) in [6, 6.07) is 0. The molecule has 0 spiro atoms. The summed E-state index contributed by atoms with van der Waals surface area (Å²) in [6.07, 6.45) is 6.08. The van der Waals surface area contributed by atoms with Gasteiger partial charge in [-0.25, -0.2) is 0 Å². The van der Waals surface area contributed by atoms with Crippen LogP contribution in [0, 0.1) is 11.3 Å². The van der Waals surface area contributed by atoms with Crippen molar-refractivity contribution in [1.29, 1.82) is 0 Å². The zero-order chi connectivity index (χ0) is 16.7. The highest BCUT2D eigenvalue weighted by Gasteiger charge is 2.38. The second-order valence-corrected chi connectivity index (χ2v) is 7.38. The third kappa shape index (κ3) is 4.91. The van der Waals surface area contributed by atoms with Crippen LogP contribution >= 0.6 is 0 Å². The number of aliphatic hydroxyl groups is 1. The zero-order valence-corrected chi connectivity index (χ0v) is 14.9. The summed E-state index contributed by atoms with van der Waals surface area (Å²) in [5.74, 6) is 0.495. The first-order valence-corrected chi connectivity index (χ1v) is 9.25. The van der Waals surface area contributed by atoms with Gasteiger partial charge in [0.15, 0.2) is 0 Å². The van der Waals surface area contributed by atoms with Crippen LogP contribution in [-0.2, 0) is 9.53 Å². The number of nitrogens with zero attached hydrogens (tertiary/aromatic N) is 2. The Balaban J connectivity index is 1.85. The number of methoxy groups -OCH3 is 1. The Morgan fingerprint density at radius 3 is 2.65 bits per heavy atom. The summed E-state index contributed by atoms with van der Waals surface area (Å²) in [5, 5.41) is 9.84. The number of rotatable bonds is 7. The minimum absolute atomic E-state index is 0.0537. The summed E-state index contributed by atoms with van der Waals surface area (Å²) in [4.78, 5) is 17.3. The van der Waals surface area contributed by atoms with Crippen molar-refractivity contribution in [3.05, 3.63) is 0 Å². The van der Waals surface area contributed by atoms with Crippen LogP contribution in [0.15, 0.2) is 0 Å². The lowest BCUT2D eigenvalue weighted by Crippen LogP contribution is -2.51. The number of amides is 1. The van der Waals surface area contributed by atoms with Crippen LogP contribution in [0.5, 0.6) is 0 Å². The quantitative estimate of drug-likeness (QED) is 0.774. The van der Waals surface area contributed by atoms with E-state index >= 15 is 0 Å². The first-order valence-electron chi connectivity index (χ1n) is 9.25. The number of hydrogen-bond acceptors (Lipinski definition) is 4. The van der Waals surface area contributed by atoms with Crippen LogP contribution < -0.4 is 0 Å². The van der Waals surface area contributed by atoms with Crippen LogP contribution in [0.4, 0.5) is 0 Å². The number of carbonyl (C=O) groups excluding carboxylic acids is 1. The Kier molecular flexibility index (Phi) is 7.31. The Bertz CT molecular complexity index is 365. The average Bonchev–Trinajstić information content (AvgIpc) is 2.60. The average molecular weight is 326 g/mol. The molecule has 0 aromatic rings. The van der Waals surface area contributed by atoms with Crippen LogP contribution in [0.2, 0.25) is 0 Å². The molecule has 0 bridgehead atoms. The van der Waals surface area contributed by atoms with Gasteiger partial charge in [0, 0.05) is 38.1 Å². The number of hydrogen-bond donors (Lipinski definition) is 1. The fraction of sp³-hybridized carbons (Fsp3) is 0.944. The molecule has 0 saturated carbocycles. The molecule has 5 heteroatoms. The van der Waals surface area contributed by atoms with Gasteiger partial charge in [-0.1, -0.05) is 13.3 Å². The van der Waals surface area contributed by atoms with Gasteiger partial charge in [-0.05, 0) is 45.2 Å². The standard InChI is InChI=1S/C18H34N2O3/c1-3-7-18(15-21)8-4-9-20(14-18)17(22)16-5-10-19(11-6-16)12-13-23-2/h16,21H,3-15H2,1-2H3. The molecule has 1 amide bonds. The Morgan fingerprint density at radius 1 is 1.30 bits per heavy atom. The lowest BCUT2D eigenvalue weighted by Gasteiger charge is -2.43. The lowest BCUT2D eigenvalue weighted by molar-refractivity contribution is -0.141. The monoisotopic (exact) mass is 326 g/mol. The van der Waals surface area contributed by atoms with Gasteiger partial charge in [0.05, 0.1) is 13.2 Å². The van der Waals surface area contributed by atoms with Crippen molar-refractivity contribution in [3.63, 3.8) is 0 Å². The van der Waals surface area contributed by atoms with Crippen molar-refractivity contribution < 1.29 is 14.6 Å². The fourth-order valence-corrected chi connectivity index (χ4v) is 4.22. The van der Waals surface area contributed by atoms with Crippen molar-refractivity contribution >= 4 is 5.91 Å². The van der Waals surface area contributed by atoms with E-state index in [2.05, 4.69) is 11.8 Å². The summed E-state index contributed by atoms with van der Waals surface area (Å²) in [6.45, 7) is 7.70. The summed E-state index contributed by atoms with van der Waals surface area (Å²) < 4.78 is 5.13. The third-order valence-corrected chi connectivity index (χ3v) is 5.64. The molecular weight excluding hydrogens is 292 g/mol. The number of aliphatic hydroxyl groups excluding tert-OH is 1. The lowest BCUT2D eigenvalue weighted by atomic mass is 9.76. The summed E-state index contributed by atoms with van der Waals surface area (Å²) in [7, 11) is 1.73. The molecule has 1 atom stereocenters. The van der Waals surface area contributed by atoms with Gasteiger partial charge in [0.1, 0.15) is 0 Å². The number of ether oxygens (including phenoxy) is 1. The van der Waals surface area contributed by atoms with E-state index in [9.17, 15) is 9.90 Å². The molecule has 2 heterocycles. The third-order valence-electron chi connectivity index (χ3n) is 5.64. The van der Waals surface area contributed by atoms with Crippen LogP contribution in [-0.4, -0.2) is 73.9 Å². The molecule has 0 aromatic heterocycles. The Labute approximate surface area is 141 Å². The molecule has 1 unspecified atom stereocenters. The SMILES string of the molecule is CCCC1(CO)CCCN(C(=O)C2CCN(CCOC)CC2)C1. The first kappa shape index (κ1) is 18.7. The Morgan fingerprint density at radius 2 is 2.04 bits per heavy atom. The van der Waals surface area contributed by atoms with Gasteiger partial charge in [0.2, 0.25) is 5.91 Å². The molecule has 2 fully saturated rings. The van der Waals surface area contributed by atoms with Crippen molar-refractivity contribution in [1.82, 2.24) is 9.80 Å². The maximum Gasteiger partial charge on any atom is 0.225 e. The molecule has 134 valence electrons. The predicted octanol–water partition coefficient (Wildman–Crippen LogP) is 1.75. The highest BCUT2D eigenvalue weighted by molar-refractivity contribution is 5.79. The molecule has 0 aromatic carbocycles. The summed E-state index contributed by atoms with van der Waals surface area (Å²) >= 11 is 0. The van der Waals surface area contributed by atoms with E-state index in [1.165, 1.54) is 0 Å². The van der Waals surface area contributed by atoms with E-state index in [-0.39, 0.29) is 17.9 Å². The molecule has 2 rings (SSSR count). The topological polar surface area (TPSA) is 53.0 Å². The molecule has 2 saturated heterocycles. The number of carbonyl (C=O) groups is 1. The molecule has 2 aliphatic rings. The summed E-state index contributed by atoms with van der Waals surface area (Å²) in [5.41, 5.74) is -0.0537. The molecule has 5 nitrogen and oxygen atoms in total. The van der Waals surface area contributed by atoms with E-state index in [0.717, 1.165) is 77.9 Å². The highest BCUT2D eigenvalue weighted by Crippen LogP contribution is 2.35. The first-order chi connectivity index (χ1) is 11.1. The van der Waals surface area contributed by atoms with E-state index in [0.29, 0.717) is 5.91 Å². The van der Waals surface area contributed by atoms with Gasteiger partial charge in [0.25, 0.3) is 0 Å². The minimum atomic E-state index is -0.0537. The van der Waals surface area contributed by atoms with E-state index < -0.39 is 0 Å². The van der Waals surface area contributed by atoms with Crippen LogP contribution in [0.3, 0.4) is 0 Å². The van der Waals surface area contributed by atoms with E-state index in [1.54, 1.807) is 7.11 Å². The second kappa shape index (κ2) is 9.00. The normalized spacial score (nSPS) is 27.3. The number of piperidine rings is 2. The molecule has 0 aliphatic carbocycles. The largest absolute Gasteiger partial charge is 0.396 e. The maximum atomic E-state index is 12.9. The van der Waals surface area contributed by atoms with Crippen molar-refractivity contribution in [2.24, 2.45) is 11.3 Å². The van der Waals surface area contributed by atoms with Gasteiger partial charge in [-0.3, -0.25) is 4.79 Å². The second-order valence-electron chi connectivity index (χ2n) is 7.38. The van der Waals surface area contributed by atoms with Gasteiger partial charge in [-0.15, -0.1) is 0 Å². The van der Waals surface area contributed by atoms with Gasteiger partial charge < -0.3 is 19.6 Å². The smallest absolute Gasteiger partial charge is 0.225 e. The Hall–Kier alpha value is -0.650. The highest BCUT2D eigenvalue weighted by atomic mass is 16.5. The zero-order valence-electron chi connectivity index (χ0n) is 14.9. The fourth-order valence-electron chi connectivity index (χ4n) is 4.22. The molecule has 0 radical (unpaired) electrons. The van der Waals surface area contributed by atoms with E-state index in [1.807, 2.05) is 4.90 Å². The van der Waals surface area contributed by atoms with Gasteiger partial charge >= 0.3 is 0 Å². The maximum absolute atomic E-state index is 12.9. The minimum Gasteiger partial charge on any atom is -0.396 e. The van der Waals surface area contributed by atoms with Crippen molar-refractivity contribution in [2.45, 2.75) is 45.4 Å². The van der Waals surface area contributed by atoms with Crippen LogP contribution in [0.25, 0.3) is 0 Å². The van der Waals surface area contributed by atoms with Crippen molar-refractivity contribution in [3.8, 4) is 0 Å². The molecule has 2 aliphatic heterocycles. The predicted molar refractivity (Wildman–Crippen MR) is 91.3 cm³/mol.